The van der Waals surface area contributed by atoms with Crippen LogP contribution in [0.4, 0.5) is 0 Å². The molecule has 3 heteroatoms. The van der Waals surface area contributed by atoms with Gasteiger partial charge in [-0.1, -0.05) is 43.6 Å². The lowest BCUT2D eigenvalue weighted by atomic mass is 9.62. The molecule has 0 spiro atoms. The zero-order chi connectivity index (χ0) is 12.1. The molecule has 17 heavy (non-hydrogen) atoms. The molecule has 2 unspecified atom stereocenters. The lowest BCUT2D eigenvalue weighted by molar-refractivity contribution is 0.203. The van der Waals surface area contributed by atoms with Gasteiger partial charge in [0.25, 0.3) is 0 Å². The Morgan fingerprint density at radius 1 is 1.29 bits per heavy atom. The average Bonchev–Trinajstić information content (AvgIpc) is 2.41. The van der Waals surface area contributed by atoms with Crippen LogP contribution in [0.5, 0.6) is 0 Å². The normalized spacial score (nSPS) is 33.9. The van der Waals surface area contributed by atoms with Crippen molar-refractivity contribution in [2.45, 2.75) is 32.1 Å². The lowest BCUT2D eigenvalue weighted by Gasteiger charge is -2.39. The van der Waals surface area contributed by atoms with Gasteiger partial charge < -0.3 is 5.21 Å². The van der Waals surface area contributed by atoms with E-state index in [1.165, 1.54) is 25.5 Å². The summed E-state index contributed by atoms with van der Waals surface area (Å²) in [5, 5.41) is 21.5. The highest BCUT2D eigenvalue weighted by Gasteiger charge is 2.43. The fraction of sp³-hybridized carbons (Fsp3) is 0.571. The van der Waals surface area contributed by atoms with Crippen LogP contribution >= 0.6 is 0 Å². The first-order chi connectivity index (χ1) is 8.33. The summed E-state index contributed by atoms with van der Waals surface area (Å²) in [4.78, 5) is 0. The third-order valence-corrected chi connectivity index (χ3v) is 4.05. The van der Waals surface area contributed by atoms with E-state index in [2.05, 4.69) is 11.2 Å². The molecule has 2 aliphatic rings. The third-order valence-electron chi connectivity index (χ3n) is 4.05. The Morgan fingerprint density at radius 3 is 2.71 bits per heavy atom. The van der Waals surface area contributed by atoms with Gasteiger partial charge in [-0.15, -0.1) is 5.16 Å². The first kappa shape index (κ1) is 11.9. The van der Waals surface area contributed by atoms with E-state index in [9.17, 15) is 5.26 Å². The van der Waals surface area contributed by atoms with E-state index in [1.807, 2.05) is 24.3 Å². The molecule has 3 nitrogen and oxygen atoms in total. The summed E-state index contributed by atoms with van der Waals surface area (Å²) >= 11 is 0. The minimum Gasteiger partial charge on any atom is -0.411 e. The number of allylic oxidation sites excluding steroid dienone is 4. The molecule has 90 valence electrons. The van der Waals surface area contributed by atoms with Gasteiger partial charge >= 0.3 is 0 Å². The quantitative estimate of drug-likeness (QED) is 0.449. The SMILES string of the molecule is N#CC1(C2CCCCC2)C=CC=CC1/C=N\O. The number of hydrogen-bond acceptors (Lipinski definition) is 3. The predicted octanol–water partition coefficient (Wildman–Crippen LogP) is 3.28. The van der Waals surface area contributed by atoms with Crippen LogP contribution < -0.4 is 0 Å². The number of oxime groups is 1. The van der Waals surface area contributed by atoms with Crippen LogP contribution in [0.25, 0.3) is 0 Å². The van der Waals surface area contributed by atoms with Crippen molar-refractivity contribution in [2.75, 3.05) is 0 Å². The maximum Gasteiger partial charge on any atom is 0.0897 e. The lowest BCUT2D eigenvalue weighted by Crippen LogP contribution is -2.37. The fourth-order valence-electron chi connectivity index (χ4n) is 3.11. The van der Waals surface area contributed by atoms with Crippen molar-refractivity contribution < 1.29 is 5.21 Å². The van der Waals surface area contributed by atoms with Crippen molar-refractivity contribution in [1.29, 1.82) is 5.26 Å². The molecule has 0 aromatic rings. The maximum atomic E-state index is 9.61. The Labute approximate surface area is 102 Å². The third kappa shape index (κ3) is 2.12. The maximum absolute atomic E-state index is 9.61. The van der Waals surface area contributed by atoms with E-state index in [-0.39, 0.29) is 5.92 Å². The predicted molar refractivity (Wildman–Crippen MR) is 66.7 cm³/mol. The second-order valence-corrected chi connectivity index (χ2v) is 4.91. The number of rotatable bonds is 2. The van der Waals surface area contributed by atoms with E-state index >= 15 is 0 Å². The zero-order valence-corrected chi connectivity index (χ0v) is 9.92. The zero-order valence-electron chi connectivity index (χ0n) is 9.92. The summed E-state index contributed by atoms with van der Waals surface area (Å²) in [6, 6.07) is 2.48. The summed E-state index contributed by atoms with van der Waals surface area (Å²) in [6.07, 6.45) is 15.2. The van der Waals surface area contributed by atoms with Crippen molar-refractivity contribution in [2.24, 2.45) is 22.4 Å². The van der Waals surface area contributed by atoms with Crippen molar-refractivity contribution in [3.8, 4) is 6.07 Å². The second-order valence-electron chi connectivity index (χ2n) is 4.91. The summed E-state index contributed by atoms with van der Waals surface area (Å²) in [5.74, 6) is 0.274. The summed E-state index contributed by atoms with van der Waals surface area (Å²) < 4.78 is 0. The smallest absolute Gasteiger partial charge is 0.0897 e. The van der Waals surface area contributed by atoms with Crippen LogP contribution in [0.2, 0.25) is 0 Å². The van der Waals surface area contributed by atoms with E-state index in [0.717, 1.165) is 12.8 Å². The van der Waals surface area contributed by atoms with Crippen LogP contribution in [0.1, 0.15) is 32.1 Å². The minimum absolute atomic E-state index is 0.106. The van der Waals surface area contributed by atoms with Crippen LogP contribution in [0, 0.1) is 28.6 Å². The van der Waals surface area contributed by atoms with Gasteiger partial charge in [0.15, 0.2) is 0 Å². The van der Waals surface area contributed by atoms with E-state index in [0.29, 0.717) is 5.92 Å². The van der Waals surface area contributed by atoms with Crippen molar-refractivity contribution in [3.63, 3.8) is 0 Å². The molecular formula is C14H18N2O. The molecule has 0 heterocycles. The van der Waals surface area contributed by atoms with E-state index in [1.54, 1.807) is 0 Å². The molecular weight excluding hydrogens is 212 g/mol. The fourth-order valence-corrected chi connectivity index (χ4v) is 3.11. The highest BCUT2D eigenvalue weighted by Crippen LogP contribution is 2.46. The first-order valence-corrected chi connectivity index (χ1v) is 6.28. The van der Waals surface area contributed by atoms with Gasteiger partial charge in [-0.2, -0.15) is 5.26 Å². The monoisotopic (exact) mass is 230 g/mol. The second kappa shape index (κ2) is 5.18. The van der Waals surface area contributed by atoms with Crippen LogP contribution in [0.3, 0.4) is 0 Å². The van der Waals surface area contributed by atoms with E-state index in [4.69, 9.17) is 5.21 Å². The largest absolute Gasteiger partial charge is 0.411 e. The molecule has 1 N–H and O–H groups in total. The summed E-state index contributed by atoms with van der Waals surface area (Å²) in [6.45, 7) is 0. The van der Waals surface area contributed by atoms with E-state index < -0.39 is 5.41 Å². The Balaban J connectivity index is 2.30. The number of nitrogens with zero attached hydrogens (tertiary/aromatic N) is 2. The molecule has 0 aromatic carbocycles. The van der Waals surface area contributed by atoms with Crippen LogP contribution in [-0.2, 0) is 0 Å². The molecule has 0 radical (unpaired) electrons. The molecule has 0 aliphatic heterocycles. The Hall–Kier alpha value is -1.56. The highest BCUT2D eigenvalue weighted by atomic mass is 16.4. The standard InChI is InChI=1S/C14H18N2O/c15-11-14(12-6-2-1-3-7-12)9-5-4-8-13(14)10-16-17/h4-5,8-10,12-13,17H,1-3,6-7H2/b16-10-. The Morgan fingerprint density at radius 2 is 2.06 bits per heavy atom. The van der Waals surface area contributed by atoms with Gasteiger partial charge in [-0.3, -0.25) is 0 Å². The van der Waals surface area contributed by atoms with Crippen molar-refractivity contribution >= 4 is 6.21 Å². The van der Waals surface area contributed by atoms with Crippen LogP contribution in [-0.4, -0.2) is 11.4 Å². The highest BCUT2D eigenvalue weighted by molar-refractivity contribution is 5.67. The van der Waals surface area contributed by atoms with Crippen molar-refractivity contribution in [3.05, 3.63) is 24.3 Å². The molecule has 1 fully saturated rings. The topological polar surface area (TPSA) is 56.4 Å². The van der Waals surface area contributed by atoms with Crippen LogP contribution in [0.15, 0.2) is 29.5 Å². The van der Waals surface area contributed by atoms with Crippen molar-refractivity contribution in [1.82, 2.24) is 0 Å². The molecule has 2 rings (SSSR count). The molecule has 2 aliphatic carbocycles. The van der Waals surface area contributed by atoms with Gasteiger partial charge in [0.2, 0.25) is 0 Å². The number of hydrogen-bond donors (Lipinski definition) is 1. The van der Waals surface area contributed by atoms with Gasteiger partial charge in [0.05, 0.1) is 17.7 Å². The molecule has 2 atom stereocenters. The Kier molecular flexibility index (Phi) is 3.63. The minimum atomic E-state index is -0.512. The summed E-state index contributed by atoms with van der Waals surface area (Å²) in [5.41, 5.74) is -0.512. The Bertz CT molecular complexity index is 386. The molecule has 0 amide bonds. The molecule has 0 saturated heterocycles. The van der Waals surface area contributed by atoms with Gasteiger partial charge in [0.1, 0.15) is 0 Å². The first-order valence-electron chi connectivity index (χ1n) is 6.28. The molecule has 1 saturated carbocycles. The van der Waals surface area contributed by atoms with Gasteiger partial charge in [-0.25, -0.2) is 0 Å². The average molecular weight is 230 g/mol. The van der Waals surface area contributed by atoms with Gasteiger partial charge in [-0.05, 0) is 18.8 Å². The molecule has 0 aromatic heterocycles. The summed E-state index contributed by atoms with van der Waals surface area (Å²) in [7, 11) is 0. The number of nitriles is 1. The van der Waals surface area contributed by atoms with Gasteiger partial charge in [0, 0.05) is 5.92 Å². The molecule has 0 bridgehead atoms.